The Bertz CT molecular complexity index is 1110. The quantitative estimate of drug-likeness (QED) is 0.523. The van der Waals surface area contributed by atoms with Gasteiger partial charge in [-0.05, 0) is 41.2 Å². The number of methoxy groups -OCH3 is 1. The first-order valence-corrected chi connectivity index (χ1v) is 10.2. The summed E-state index contributed by atoms with van der Waals surface area (Å²) in [5.74, 6) is 0.880. The highest BCUT2D eigenvalue weighted by Gasteiger charge is 2.19. The lowest BCUT2D eigenvalue weighted by Gasteiger charge is -2.15. The summed E-state index contributed by atoms with van der Waals surface area (Å²) in [7, 11) is -0.137. The number of nitrogens with zero attached hydrogens (tertiary/aromatic N) is 2. The minimum Gasteiger partial charge on any atom is -0.497 e. The Balaban J connectivity index is 2.00. The maximum atomic E-state index is 12.9. The largest absolute Gasteiger partial charge is 0.497 e. The average Bonchev–Trinajstić information content (AvgIpc) is 2.72. The summed E-state index contributed by atoms with van der Waals surface area (Å²) in [6, 6.07) is 11.5. The van der Waals surface area contributed by atoms with Gasteiger partial charge < -0.3 is 19.5 Å². The predicted molar refractivity (Wildman–Crippen MR) is 121 cm³/mol. The van der Waals surface area contributed by atoms with Gasteiger partial charge in [-0.2, -0.15) is 0 Å². The van der Waals surface area contributed by atoms with Crippen LogP contribution in [0.1, 0.15) is 30.9 Å². The second-order valence-corrected chi connectivity index (χ2v) is 8.01. The molecule has 0 saturated heterocycles. The Morgan fingerprint density at radius 2 is 1.71 bits per heavy atom. The van der Waals surface area contributed by atoms with Crippen molar-refractivity contribution in [3.05, 3.63) is 74.0 Å². The molecule has 0 atom stereocenters. The molecule has 1 heterocycles. The van der Waals surface area contributed by atoms with Gasteiger partial charge in [0.15, 0.2) is 5.75 Å². The van der Waals surface area contributed by atoms with Crippen molar-refractivity contribution in [1.29, 1.82) is 0 Å². The van der Waals surface area contributed by atoms with Gasteiger partial charge >= 0.3 is 7.12 Å². The summed E-state index contributed by atoms with van der Waals surface area (Å²) >= 11 is 12.4. The number of rotatable bonds is 7. The molecule has 7 nitrogen and oxygen atoms in total. The summed E-state index contributed by atoms with van der Waals surface area (Å²) in [5.41, 5.74) is 1.28. The molecule has 0 spiro atoms. The lowest BCUT2D eigenvalue weighted by molar-refractivity contribution is 0.414. The third-order valence-corrected chi connectivity index (χ3v) is 5.18. The first-order valence-electron chi connectivity index (χ1n) is 9.47. The molecule has 0 amide bonds. The highest BCUT2D eigenvalue weighted by Crippen LogP contribution is 2.35. The minimum atomic E-state index is -1.72. The Labute approximate surface area is 189 Å². The van der Waals surface area contributed by atoms with Crippen LogP contribution in [0.15, 0.2) is 47.3 Å². The van der Waals surface area contributed by atoms with Crippen LogP contribution in [0.4, 0.5) is 0 Å². The Kier molecular flexibility index (Phi) is 7.28. The lowest BCUT2D eigenvalue weighted by atomic mass is 9.80. The van der Waals surface area contributed by atoms with E-state index in [1.54, 1.807) is 25.3 Å². The van der Waals surface area contributed by atoms with E-state index < -0.39 is 7.12 Å². The molecule has 31 heavy (non-hydrogen) atoms. The zero-order chi connectivity index (χ0) is 22.7. The monoisotopic (exact) mass is 462 g/mol. The van der Waals surface area contributed by atoms with E-state index in [9.17, 15) is 14.8 Å². The fourth-order valence-electron chi connectivity index (χ4n) is 2.94. The molecular weight excluding hydrogens is 442 g/mol. The molecule has 1 aromatic heterocycles. The molecule has 2 N–H and O–H groups in total. The van der Waals surface area contributed by atoms with Crippen molar-refractivity contribution in [2.45, 2.75) is 26.3 Å². The molecule has 3 rings (SSSR count). The van der Waals surface area contributed by atoms with Crippen LogP contribution < -0.4 is 20.5 Å². The maximum Gasteiger partial charge on any atom is 0.488 e. The number of halogens is 2. The van der Waals surface area contributed by atoms with Crippen LogP contribution in [0.5, 0.6) is 17.4 Å². The molecular formula is C21H21BCl2N2O5. The van der Waals surface area contributed by atoms with E-state index in [2.05, 4.69) is 5.10 Å². The van der Waals surface area contributed by atoms with Crippen LogP contribution in [0.2, 0.25) is 10.0 Å². The lowest BCUT2D eigenvalue weighted by Crippen LogP contribution is -2.29. The first kappa shape index (κ1) is 23.2. The molecule has 0 unspecified atom stereocenters. The van der Waals surface area contributed by atoms with Crippen LogP contribution in [0, 0.1) is 0 Å². The third kappa shape index (κ3) is 5.40. The van der Waals surface area contributed by atoms with Gasteiger partial charge in [0.25, 0.3) is 5.56 Å². The second kappa shape index (κ2) is 9.74. The molecule has 0 fully saturated rings. The highest BCUT2D eigenvalue weighted by molar-refractivity contribution is 6.59. The summed E-state index contributed by atoms with van der Waals surface area (Å²) in [6.07, 6.45) is 0. The molecule has 162 valence electrons. The van der Waals surface area contributed by atoms with Crippen LogP contribution in [0.25, 0.3) is 0 Å². The first-order chi connectivity index (χ1) is 14.7. The van der Waals surface area contributed by atoms with E-state index in [4.69, 9.17) is 32.7 Å². The molecule has 0 radical (unpaired) electrons. The summed E-state index contributed by atoms with van der Waals surface area (Å²) < 4.78 is 12.3. The van der Waals surface area contributed by atoms with Crippen LogP contribution in [-0.4, -0.2) is 34.1 Å². The topological polar surface area (TPSA) is 93.8 Å². The van der Waals surface area contributed by atoms with Crippen molar-refractivity contribution in [3.8, 4) is 17.4 Å². The fraction of sp³-hybridized carbons (Fsp3) is 0.238. The van der Waals surface area contributed by atoms with Crippen LogP contribution in [0.3, 0.4) is 0 Å². The number of hydrogen-bond donors (Lipinski definition) is 2. The molecule has 3 aromatic rings. The van der Waals surface area contributed by atoms with Gasteiger partial charge in [-0.15, -0.1) is 5.10 Å². The summed E-state index contributed by atoms with van der Waals surface area (Å²) in [5, 5.41) is 23.1. The highest BCUT2D eigenvalue weighted by atomic mass is 35.5. The van der Waals surface area contributed by atoms with Gasteiger partial charge in [-0.25, -0.2) is 4.68 Å². The van der Waals surface area contributed by atoms with Crippen molar-refractivity contribution in [3.63, 3.8) is 0 Å². The van der Waals surface area contributed by atoms with Gasteiger partial charge in [0.2, 0.25) is 5.88 Å². The predicted octanol–water partition coefficient (Wildman–Crippen LogP) is 3.20. The number of ether oxygens (including phenoxy) is 2. The van der Waals surface area contributed by atoms with Crippen molar-refractivity contribution in [2.75, 3.05) is 7.11 Å². The van der Waals surface area contributed by atoms with E-state index in [1.807, 2.05) is 26.0 Å². The zero-order valence-corrected chi connectivity index (χ0v) is 18.7. The SMILES string of the molecule is COc1ccc(Cn2nc(Oc3c(Cl)cc(B(O)O)cc3Cl)cc(C(C)C)c2=O)cc1. The number of benzene rings is 2. The van der Waals surface area contributed by atoms with Crippen molar-refractivity contribution in [2.24, 2.45) is 0 Å². The normalized spacial score (nSPS) is 11.0. The van der Waals surface area contributed by atoms with Crippen LogP contribution in [-0.2, 0) is 6.54 Å². The molecule has 10 heteroatoms. The number of aromatic nitrogens is 2. The van der Waals surface area contributed by atoms with Crippen molar-refractivity contribution >= 4 is 35.8 Å². The van der Waals surface area contributed by atoms with E-state index in [1.165, 1.54) is 16.8 Å². The molecule has 2 aromatic carbocycles. The Morgan fingerprint density at radius 1 is 1.10 bits per heavy atom. The smallest absolute Gasteiger partial charge is 0.488 e. The molecule has 0 saturated carbocycles. The summed E-state index contributed by atoms with van der Waals surface area (Å²) in [4.78, 5) is 12.9. The Morgan fingerprint density at radius 3 is 2.23 bits per heavy atom. The van der Waals surface area contributed by atoms with E-state index in [0.717, 1.165) is 5.56 Å². The van der Waals surface area contributed by atoms with Gasteiger partial charge in [0, 0.05) is 11.6 Å². The van der Waals surface area contributed by atoms with Crippen LogP contribution >= 0.6 is 23.2 Å². The van der Waals surface area contributed by atoms with Gasteiger partial charge in [-0.3, -0.25) is 4.79 Å². The average molecular weight is 463 g/mol. The van der Waals surface area contributed by atoms with Crippen molar-refractivity contribution < 1.29 is 19.5 Å². The maximum absolute atomic E-state index is 12.9. The molecule has 0 aliphatic heterocycles. The van der Waals surface area contributed by atoms with Gasteiger partial charge in [0.05, 0.1) is 23.7 Å². The molecule has 0 aliphatic carbocycles. The number of hydrogen-bond acceptors (Lipinski definition) is 6. The van der Waals surface area contributed by atoms with Crippen molar-refractivity contribution in [1.82, 2.24) is 9.78 Å². The fourth-order valence-corrected chi connectivity index (χ4v) is 3.52. The zero-order valence-electron chi connectivity index (χ0n) is 17.2. The Hall–Kier alpha value is -2.52. The summed E-state index contributed by atoms with van der Waals surface area (Å²) in [6.45, 7) is 4.03. The molecule has 0 bridgehead atoms. The second-order valence-electron chi connectivity index (χ2n) is 7.19. The third-order valence-electron chi connectivity index (χ3n) is 4.62. The van der Waals surface area contributed by atoms with E-state index in [0.29, 0.717) is 11.3 Å². The van der Waals surface area contributed by atoms with Gasteiger partial charge in [-0.1, -0.05) is 49.2 Å². The van der Waals surface area contributed by atoms with Gasteiger partial charge in [0.1, 0.15) is 5.75 Å². The van der Waals surface area contributed by atoms with E-state index in [-0.39, 0.29) is 45.2 Å². The molecule has 0 aliphatic rings. The minimum absolute atomic E-state index is 0.0715. The van der Waals surface area contributed by atoms with E-state index >= 15 is 0 Å². The standard InChI is InChI=1S/C21H21BCl2N2O5/c1-12(2)16-10-19(31-20-17(23)8-14(22(28)29)9-18(20)24)25-26(21(16)27)11-13-4-6-15(30-3)7-5-13/h4-10,12,28-29H,11H2,1-3H3.